The predicted molar refractivity (Wildman–Crippen MR) is 70.4 cm³/mol. The van der Waals surface area contributed by atoms with Crippen LogP contribution in [0.15, 0.2) is 24.9 Å². The molecule has 0 aliphatic carbocycles. The monoisotopic (exact) mass is 238 g/mol. The van der Waals surface area contributed by atoms with Crippen LogP contribution in [0.3, 0.4) is 0 Å². The Morgan fingerprint density at radius 2 is 2.44 bits per heavy atom. The standard InChI is InChI=1S/C11H18N4S/c1-3-6-12-11(16)13-7-4-8-15-9-5-10(2)14-15/h3,5,9H,1,4,6-8H2,2H3,(H2,12,13,16). The number of aryl methyl sites for hydroxylation is 2. The average Bonchev–Trinajstić information content (AvgIpc) is 2.67. The Bertz CT molecular complexity index is 346. The average molecular weight is 238 g/mol. The van der Waals surface area contributed by atoms with E-state index in [0.29, 0.717) is 11.7 Å². The molecule has 2 N–H and O–H groups in total. The van der Waals surface area contributed by atoms with Gasteiger partial charge in [-0.15, -0.1) is 6.58 Å². The molecule has 1 aromatic rings. The van der Waals surface area contributed by atoms with Crippen LogP contribution in [0, 0.1) is 6.92 Å². The number of rotatable bonds is 6. The first-order valence-electron chi connectivity index (χ1n) is 5.35. The summed E-state index contributed by atoms with van der Waals surface area (Å²) in [5.41, 5.74) is 1.05. The van der Waals surface area contributed by atoms with Gasteiger partial charge in [-0.1, -0.05) is 6.08 Å². The fourth-order valence-electron chi connectivity index (χ4n) is 1.26. The van der Waals surface area contributed by atoms with Crippen molar-refractivity contribution in [2.75, 3.05) is 13.1 Å². The van der Waals surface area contributed by atoms with Crippen molar-refractivity contribution in [3.63, 3.8) is 0 Å². The highest BCUT2D eigenvalue weighted by Crippen LogP contribution is 1.93. The third-order valence-corrected chi connectivity index (χ3v) is 2.32. The highest BCUT2D eigenvalue weighted by Gasteiger charge is 1.95. The van der Waals surface area contributed by atoms with E-state index in [2.05, 4.69) is 22.3 Å². The van der Waals surface area contributed by atoms with Crippen molar-refractivity contribution in [2.24, 2.45) is 0 Å². The van der Waals surface area contributed by atoms with E-state index in [1.54, 1.807) is 6.08 Å². The molecule has 0 unspecified atom stereocenters. The van der Waals surface area contributed by atoms with E-state index >= 15 is 0 Å². The Hall–Kier alpha value is -1.36. The number of hydrogen-bond donors (Lipinski definition) is 2. The maximum Gasteiger partial charge on any atom is 0.166 e. The van der Waals surface area contributed by atoms with Crippen LogP contribution >= 0.6 is 12.2 Å². The smallest absolute Gasteiger partial charge is 0.166 e. The molecule has 0 bridgehead atoms. The van der Waals surface area contributed by atoms with Crippen LogP contribution in [-0.4, -0.2) is 28.0 Å². The Labute approximate surface area is 102 Å². The summed E-state index contributed by atoms with van der Waals surface area (Å²) < 4.78 is 1.94. The summed E-state index contributed by atoms with van der Waals surface area (Å²) >= 11 is 5.06. The lowest BCUT2D eigenvalue weighted by atomic mass is 10.4. The summed E-state index contributed by atoms with van der Waals surface area (Å²) in [6, 6.07) is 2.00. The van der Waals surface area contributed by atoms with E-state index in [4.69, 9.17) is 12.2 Å². The number of hydrogen-bond acceptors (Lipinski definition) is 2. The first-order chi connectivity index (χ1) is 7.72. The van der Waals surface area contributed by atoms with Crippen LogP contribution < -0.4 is 10.6 Å². The SMILES string of the molecule is C=CCNC(=S)NCCCn1ccc(C)n1. The molecule has 1 aromatic heterocycles. The van der Waals surface area contributed by atoms with Gasteiger partial charge in [-0.3, -0.25) is 4.68 Å². The predicted octanol–water partition coefficient (Wildman–Crippen LogP) is 1.23. The molecular formula is C11H18N4S. The molecule has 0 aliphatic heterocycles. The van der Waals surface area contributed by atoms with E-state index in [1.165, 1.54) is 0 Å². The molecule has 0 aliphatic rings. The largest absolute Gasteiger partial charge is 0.363 e. The quantitative estimate of drug-likeness (QED) is 0.444. The lowest BCUT2D eigenvalue weighted by molar-refractivity contribution is 0.569. The van der Waals surface area contributed by atoms with E-state index in [-0.39, 0.29) is 0 Å². The minimum atomic E-state index is 0.677. The van der Waals surface area contributed by atoms with Crippen LogP contribution in [0.5, 0.6) is 0 Å². The van der Waals surface area contributed by atoms with Gasteiger partial charge in [0.1, 0.15) is 0 Å². The molecule has 0 spiro atoms. The van der Waals surface area contributed by atoms with Gasteiger partial charge in [0.2, 0.25) is 0 Å². The molecule has 4 nitrogen and oxygen atoms in total. The van der Waals surface area contributed by atoms with Crippen molar-refractivity contribution >= 4 is 17.3 Å². The summed E-state index contributed by atoms with van der Waals surface area (Å²) in [4.78, 5) is 0. The van der Waals surface area contributed by atoms with Crippen LogP contribution in [-0.2, 0) is 6.54 Å². The van der Waals surface area contributed by atoms with Crippen LogP contribution in [0.2, 0.25) is 0 Å². The number of aromatic nitrogens is 2. The normalized spacial score (nSPS) is 9.81. The molecule has 0 atom stereocenters. The molecule has 16 heavy (non-hydrogen) atoms. The lowest BCUT2D eigenvalue weighted by Crippen LogP contribution is -2.36. The molecular weight excluding hydrogens is 220 g/mol. The van der Waals surface area contributed by atoms with Gasteiger partial charge in [0.25, 0.3) is 0 Å². The van der Waals surface area contributed by atoms with E-state index < -0.39 is 0 Å². The molecule has 1 heterocycles. The lowest BCUT2D eigenvalue weighted by Gasteiger charge is -2.08. The Morgan fingerprint density at radius 1 is 1.62 bits per heavy atom. The Kier molecular flexibility index (Phi) is 5.56. The van der Waals surface area contributed by atoms with Crippen molar-refractivity contribution in [2.45, 2.75) is 19.9 Å². The first kappa shape index (κ1) is 12.7. The van der Waals surface area contributed by atoms with E-state index in [9.17, 15) is 0 Å². The van der Waals surface area contributed by atoms with Crippen molar-refractivity contribution in [1.82, 2.24) is 20.4 Å². The number of thiocarbonyl (C=S) groups is 1. The molecule has 0 aromatic carbocycles. The fourth-order valence-corrected chi connectivity index (χ4v) is 1.44. The van der Waals surface area contributed by atoms with Crippen molar-refractivity contribution < 1.29 is 0 Å². The molecule has 5 heteroatoms. The summed E-state index contributed by atoms with van der Waals surface area (Å²) in [6.45, 7) is 8.05. The van der Waals surface area contributed by atoms with Crippen molar-refractivity contribution in [3.05, 3.63) is 30.6 Å². The zero-order valence-electron chi connectivity index (χ0n) is 9.57. The highest BCUT2D eigenvalue weighted by molar-refractivity contribution is 7.80. The third kappa shape index (κ3) is 4.93. The van der Waals surface area contributed by atoms with Crippen molar-refractivity contribution in [3.8, 4) is 0 Å². The van der Waals surface area contributed by atoms with E-state index in [0.717, 1.165) is 25.2 Å². The van der Waals surface area contributed by atoms with Gasteiger partial charge in [0.05, 0.1) is 5.69 Å². The zero-order chi connectivity index (χ0) is 11.8. The van der Waals surface area contributed by atoms with Gasteiger partial charge < -0.3 is 10.6 Å². The molecule has 0 amide bonds. The second kappa shape index (κ2) is 7.00. The van der Waals surface area contributed by atoms with Gasteiger partial charge in [0, 0.05) is 25.8 Å². The minimum absolute atomic E-state index is 0.677. The molecule has 0 fully saturated rings. The minimum Gasteiger partial charge on any atom is -0.363 e. The molecule has 1 rings (SSSR count). The second-order valence-corrected chi connectivity index (χ2v) is 3.91. The summed E-state index contributed by atoms with van der Waals surface area (Å²) in [7, 11) is 0. The first-order valence-corrected chi connectivity index (χ1v) is 5.76. The van der Waals surface area contributed by atoms with Gasteiger partial charge >= 0.3 is 0 Å². The maximum absolute atomic E-state index is 5.06. The molecule has 0 saturated carbocycles. The molecule has 0 saturated heterocycles. The van der Waals surface area contributed by atoms with Gasteiger partial charge in [-0.2, -0.15) is 5.10 Å². The molecule has 0 radical (unpaired) electrons. The topological polar surface area (TPSA) is 41.9 Å². The summed E-state index contributed by atoms with van der Waals surface area (Å²) in [6.07, 6.45) is 4.77. The zero-order valence-corrected chi connectivity index (χ0v) is 10.4. The summed E-state index contributed by atoms with van der Waals surface area (Å²) in [5, 5.41) is 11.1. The second-order valence-electron chi connectivity index (χ2n) is 3.50. The third-order valence-electron chi connectivity index (χ3n) is 2.03. The van der Waals surface area contributed by atoms with Gasteiger partial charge in [-0.25, -0.2) is 0 Å². The number of nitrogens with zero attached hydrogens (tertiary/aromatic N) is 2. The van der Waals surface area contributed by atoms with E-state index in [1.807, 2.05) is 23.9 Å². The van der Waals surface area contributed by atoms with Crippen LogP contribution in [0.1, 0.15) is 12.1 Å². The highest BCUT2D eigenvalue weighted by atomic mass is 32.1. The van der Waals surface area contributed by atoms with Crippen LogP contribution in [0.25, 0.3) is 0 Å². The van der Waals surface area contributed by atoms with Crippen molar-refractivity contribution in [1.29, 1.82) is 0 Å². The molecule has 88 valence electrons. The Morgan fingerprint density at radius 3 is 3.06 bits per heavy atom. The summed E-state index contributed by atoms with van der Waals surface area (Å²) in [5.74, 6) is 0. The maximum atomic E-state index is 5.06. The number of nitrogens with one attached hydrogen (secondary N) is 2. The van der Waals surface area contributed by atoms with Gasteiger partial charge in [-0.05, 0) is 31.6 Å². The fraction of sp³-hybridized carbons (Fsp3) is 0.455. The van der Waals surface area contributed by atoms with Gasteiger partial charge in [0.15, 0.2) is 5.11 Å². The Balaban J connectivity index is 2.07. The van der Waals surface area contributed by atoms with Crippen LogP contribution in [0.4, 0.5) is 0 Å².